The van der Waals surface area contributed by atoms with Gasteiger partial charge in [-0.25, -0.2) is 10.2 Å². The van der Waals surface area contributed by atoms with Crippen LogP contribution in [0.5, 0.6) is 17.2 Å². The van der Waals surface area contributed by atoms with Gasteiger partial charge in [-0.05, 0) is 73.6 Å². The first-order valence-electron chi connectivity index (χ1n) is 13.3. The Hall–Kier alpha value is -4.61. The van der Waals surface area contributed by atoms with Crippen molar-refractivity contribution in [1.82, 2.24) is 16.1 Å². The van der Waals surface area contributed by atoms with Gasteiger partial charge in [0.05, 0.1) is 31.5 Å². The van der Waals surface area contributed by atoms with Crippen molar-refractivity contribution in [2.24, 2.45) is 5.10 Å². The van der Waals surface area contributed by atoms with Gasteiger partial charge in [0.2, 0.25) is 0 Å². The van der Waals surface area contributed by atoms with Crippen molar-refractivity contribution in [3.63, 3.8) is 0 Å². The maximum absolute atomic E-state index is 12.7. The zero-order valence-corrected chi connectivity index (χ0v) is 25.4. The van der Waals surface area contributed by atoms with E-state index in [1.54, 1.807) is 75.6 Å². The number of para-hydroxylation sites is 1. The molecule has 0 unspecified atom stereocenters. The summed E-state index contributed by atoms with van der Waals surface area (Å²) in [4.78, 5) is 25.3. The summed E-state index contributed by atoms with van der Waals surface area (Å²) in [5.74, 6) is 0.518. The van der Waals surface area contributed by atoms with Crippen molar-refractivity contribution in [2.75, 3.05) is 20.3 Å². The number of thiocarbonyl (C=S) groups is 1. The molecule has 1 amide bonds. The molecule has 1 aliphatic heterocycles. The normalized spacial score (nSPS) is 14.5. The van der Waals surface area contributed by atoms with Gasteiger partial charge in [-0.15, -0.1) is 0 Å². The van der Waals surface area contributed by atoms with E-state index in [0.29, 0.717) is 56.4 Å². The number of rotatable bonds is 12. The first-order valence-corrected chi connectivity index (χ1v) is 14.1. The van der Waals surface area contributed by atoms with E-state index in [-0.39, 0.29) is 13.2 Å². The number of hydrogen-bond acceptors (Lipinski definition) is 8. The van der Waals surface area contributed by atoms with Crippen molar-refractivity contribution in [3.8, 4) is 17.2 Å². The predicted molar refractivity (Wildman–Crippen MR) is 167 cm³/mol. The molecule has 0 aliphatic carbocycles. The number of amides is 1. The largest absolute Gasteiger partial charge is 0.493 e. The molecular formula is C31H31ClN4O6S. The van der Waals surface area contributed by atoms with Crippen LogP contribution in [0.2, 0.25) is 5.02 Å². The van der Waals surface area contributed by atoms with Gasteiger partial charge < -0.3 is 29.6 Å². The van der Waals surface area contributed by atoms with Crippen LogP contribution in [-0.2, 0) is 20.9 Å². The van der Waals surface area contributed by atoms with E-state index in [1.165, 1.54) is 6.21 Å². The first kappa shape index (κ1) is 31.3. The highest BCUT2D eigenvalue weighted by Crippen LogP contribution is 2.33. The van der Waals surface area contributed by atoms with E-state index < -0.39 is 17.9 Å². The Morgan fingerprint density at radius 2 is 1.81 bits per heavy atom. The minimum Gasteiger partial charge on any atom is -0.493 e. The van der Waals surface area contributed by atoms with E-state index >= 15 is 0 Å². The Morgan fingerprint density at radius 3 is 2.56 bits per heavy atom. The molecule has 0 saturated heterocycles. The van der Waals surface area contributed by atoms with Gasteiger partial charge in [0.15, 0.2) is 23.2 Å². The fraction of sp³-hybridized carbons (Fsp3) is 0.226. The number of benzene rings is 3. The van der Waals surface area contributed by atoms with Crippen LogP contribution in [0.25, 0.3) is 0 Å². The quantitative estimate of drug-likeness (QED) is 0.113. The molecule has 12 heteroatoms. The molecule has 224 valence electrons. The van der Waals surface area contributed by atoms with E-state index in [9.17, 15) is 9.59 Å². The Bertz CT molecular complexity index is 1540. The van der Waals surface area contributed by atoms with Crippen LogP contribution in [-0.4, -0.2) is 43.5 Å². The summed E-state index contributed by atoms with van der Waals surface area (Å²) in [7, 11) is 1.54. The number of carbonyl (C=O) groups excluding carboxylic acids is 2. The standard InChI is InChI=1S/C31H31ClN4O6S/c1-4-40-30(38)28-19(2)34-31(43)35-29(28)23-7-5-6-8-24(23)42-18-27(37)36-33-16-21-11-14-25(26(15-21)39-3)41-17-20-9-12-22(32)13-10-20/h5-16,29H,4,17-18H2,1-3H3,(H,36,37)(H2,34,35,43)/t29-/m1/s1. The Balaban J connectivity index is 1.36. The van der Waals surface area contributed by atoms with Gasteiger partial charge in [-0.3, -0.25) is 4.79 Å². The van der Waals surface area contributed by atoms with Crippen molar-refractivity contribution in [2.45, 2.75) is 26.5 Å². The third-order valence-corrected chi connectivity index (χ3v) is 6.72. The second-order valence-electron chi connectivity index (χ2n) is 9.24. The van der Waals surface area contributed by atoms with E-state index in [0.717, 1.165) is 5.56 Å². The molecule has 1 aliphatic rings. The maximum atomic E-state index is 12.7. The minimum absolute atomic E-state index is 0.223. The average molecular weight is 623 g/mol. The monoisotopic (exact) mass is 622 g/mol. The lowest BCUT2D eigenvalue weighted by atomic mass is 9.95. The summed E-state index contributed by atoms with van der Waals surface area (Å²) in [6.45, 7) is 3.74. The Kier molecular flexibility index (Phi) is 11.0. The van der Waals surface area contributed by atoms with Crippen LogP contribution in [0.15, 0.2) is 83.1 Å². The summed E-state index contributed by atoms with van der Waals surface area (Å²) >= 11 is 11.3. The number of allylic oxidation sites excluding steroid dienone is 1. The van der Waals surface area contributed by atoms with Crippen LogP contribution < -0.4 is 30.3 Å². The van der Waals surface area contributed by atoms with Crippen LogP contribution in [0.3, 0.4) is 0 Å². The van der Waals surface area contributed by atoms with Gasteiger partial charge in [0, 0.05) is 16.3 Å². The second kappa shape index (κ2) is 15.0. The molecule has 0 fully saturated rings. The van der Waals surface area contributed by atoms with Crippen LogP contribution in [0, 0.1) is 0 Å². The van der Waals surface area contributed by atoms with Gasteiger partial charge in [0.1, 0.15) is 12.4 Å². The molecule has 0 saturated carbocycles. The van der Waals surface area contributed by atoms with E-state index in [4.69, 9.17) is 42.8 Å². The number of nitrogens with zero attached hydrogens (tertiary/aromatic N) is 1. The number of methoxy groups -OCH3 is 1. The third-order valence-electron chi connectivity index (χ3n) is 6.25. The lowest BCUT2D eigenvalue weighted by Gasteiger charge is -2.30. The van der Waals surface area contributed by atoms with Gasteiger partial charge in [-0.2, -0.15) is 5.10 Å². The summed E-state index contributed by atoms with van der Waals surface area (Å²) < 4.78 is 22.4. The first-order chi connectivity index (χ1) is 20.8. The lowest BCUT2D eigenvalue weighted by Crippen LogP contribution is -2.45. The maximum Gasteiger partial charge on any atom is 0.338 e. The number of ether oxygens (including phenoxy) is 4. The molecule has 3 aromatic carbocycles. The number of hydrazone groups is 1. The van der Waals surface area contributed by atoms with Crippen LogP contribution in [0.1, 0.15) is 36.6 Å². The van der Waals surface area contributed by atoms with Crippen molar-refractivity contribution in [3.05, 3.63) is 99.7 Å². The topological polar surface area (TPSA) is 120 Å². The highest BCUT2D eigenvalue weighted by Gasteiger charge is 2.32. The molecule has 3 aromatic rings. The van der Waals surface area contributed by atoms with Crippen molar-refractivity contribution >= 4 is 47.0 Å². The molecule has 0 spiro atoms. The minimum atomic E-state index is -0.627. The summed E-state index contributed by atoms with van der Waals surface area (Å²) in [6.07, 6.45) is 1.48. The second-order valence-corrected chi connectivity index (χ2v) is 10.1. The molecular weight excluding hydrogens is 592 g/mol. The van der Waals surface area contributed by atoms with Gasteiger partial charge in [-0.1, -0.05) is 41.9 Å². The molecule has 0 radical (unpaired) electrons. The molecule has 43 heavy (non-hydrogen) atoms. The zero-order valence-electron chi connectivity index (χ0n) is 23.8. The average Bonchev–Trinajstić information content (AvgIpc) is 3.00. The van der Waals surface area contributed by atoms with Crippen molar-refractivity contribution in [1.29, 1.82) is 0 Å². The molecule has 0 bridgehead atoms. The smallest absolute Gasteiger partial charge is 0.338 e. The van der Waals surface area contributed by atoms with Gasteiger partial charge in [0.25, 0.3) is 5.91 Å². The van der Waals surface area contributed by atoms with Crippen LogP contribution in [0.4, 0.5) is 0 Å². The highest BCUT2D eigenvalue weighted by molar-refractivity contribution is 7.80. The van der Waals surface area contributed by atoms with E-state index in [2.05, 4.69) is 21.2 Å². The Morgan fingerprint density at radius 1 is 1.05 bits per heavy atom. The zero-order chi connectivity index (χ0) is 30.8. The number of nitrogens with one attached hydrogen (secondary N) is 3. The Labute approximate surface area is 260 Å². The van der Waals surface area contributed by atoms with E-state index in [1.807, 2.05) is 12.1 Å². The fourth-order valence-electron chi connectivity index (χ4n) is 4.24. The number of halogens is 1. The predicted octanol–water partition coefficient (Wildman–Crippen LogP) is 4.81. The molecule has 0 aromatic heterocycles. The molecule has 1 heterocycles. The molecule has 4 rings (SSSR count). The summed E-state index contributed by atoms with van der Waals surface area (Å²) in [5, 5.41) is 11.1. The SMILES string of the molecule is CCOC(=O)C1=C(C)NC(=S)N[C@@H]1c1ccccc1OCC(=O)NN=Cc1ccc(OCc2ccc(Cl)cc2)c(OC)c1. The lowest BCUT2D eigenvalue weighted by molar-refractivity contribution is -0.139. The third kappa shape index (κ3) is 8.46. The molecule has 3 N–H and O–H groups in total. The number of hydrogen-bond donors (Lipinski definition) is 3. The number of esters is 1. The van der Waals surface area contributed by atoms with Gasteiger partial charge >= 0.3 is 5.97 Å². The highest BCUT2D eigenvalue weighted by atomic mass is 35.5. The fourth-order valence-corrected chi connectivity index (χ4v) is 4.63. The summed E-state index contributed by atoms with van der Waals surface area (Å²) in [5.41, 5.74) is 5.67. The van der Waals surface area contributed by atoms with Crippen molar-refractivity contribution < 1.29 is 28.5 Å². The molecule has 1 atom stereocenters. The number of carbonyl (C=O) groups is 2. The summed E-state index contributed by atoms with van der Waals surface area (Å²) in [6, 6.07) is 19.1. The van der Waals surface area contributed by atoms with Crippen LogP contribution >= 0.6 is 23.8 Å². The molecule has 10 nitrogen and oxygen atoms in total.